The Morgan fingerprint density at radius 1 is 0.842 bits per heavy atom. The van der Waals surface area contributed by atoms with Crippen LogP contribution in [0.25, 0.3) is 5.32 Å². The van der Waals surface area contributed by atoms with Crippen molar-refractivity contribution in [2.24, 2.45) is 0 Å². The summed E-state index contributed by atoms with van der Waals surface area (Å²) in [7, 11) is 2.22. The van der Waals surface area contributed by atoms with Crippen molar-refractivity contribution in [1.82, 2.24) is 9.80 Å². The van der Waals surface area contributed by atoms with Gasteiger partial charge in [0.1, 0.15) is 0 Å². The van der Waals surface area contributed by atoms with Gasteiger partial charge in [0, 0.05) is 64.9 Å². The molecule has 2 heterocycles. The third-order valence-corrected chi connectivity index (χ3v) is 3.30. The van der Waals surface area contributed by atoms with Crippen molar-refractivity contribution >= 4 is 0 Å². The van der Waals surface area contributed by atoms with E-state index in [9.17, 15) is 0 Å². The molecule has 0 aromatic heterocycles. The van der Waals surface area contributed by atoms with Gasteiger partial charge < -0.3 is 10.2 Å². The molecule has 2 fully saturated rings. The van der Waals surface area contributed by atoms with Gasteiger partial charge in [0.05, 0.1) is 0 Å². The van der Waals surface area contributed by atoms with E-state index < -0.39 is 0 Å². The minimum absolute atomic E-state index is 0. The molecule has 3 nitrogen and oxygen atoms in total. The SMILES string of the molecule is C.CC.CC.CN1CCN(C2CC[N-]CC2)CC1.[Y]. The largest absolute Gasteiger partial charge is 0.662 e. The smallest absolute Gasteiger partial charge is 0.0113 e. The molecule has 2 aliphatic rings. The molecule has 0 aliphatic carbocycles. The molecule has 0 N–H and O–H groups in total. The Morgan fingerprint density at radius 3 is 1.68 bits per heavy atom. The van der Waals surface area contributed by atoms with Gasteiger partial charge in [-0.2, -0.15) is 0 Å². The third-order valence-electron chi connectivity index (χ3n) is 3.30. The van der Waals surface area contributed by atoms with Crippen LogP contribution in [0.5, 0.6) is 0 Å². The van der Waals surface area contributed by atoms with Crippen molar-refractivity contribution in [2.45, 2.75) is 54.0 Å². The first-order valence-corrected chi connectivity index (χ1v) is 7.42. The Kier molecular flexibility index (Phi) is 22.4. The molecule has 0 saturated carbocycles. The van der Waals surface area contributed by atoms with Gasteiger partial charge in [-0.05, 0) is 7.05 Å². The molecule has 115 valence electrons. The first-order chi connectivity index (χ1) is 8.36. The van der Waals surface area contributed by atoms with Crippen LogP contribution in [0.1, 0.15) is 48.0 Å². The second kappa shape index (κ2) is 17.0. The van der Waals surface area contributed by atoms with Gasteiger partial charge in [-0.15, -0.1) is 13.1 Å². The van der Waals surface area contributed by atoms with E-state index in [0.717, 1.165) is 19.1 Å². The molecule has 2 rings (SSSR count). The van der Waals surface area contributed by atoms with E-state index >= 15 is 0 Å². The Bertz CT molecular complexity index is 153. The molecular formula is C15H36N3Y-. The molecule has 0 aromatic rings. The van der Waals surface area contributed by atoms with Crippen molar-refractivity contribution < 1.29 is 32.7 Å². The van der Waals surface area contributed by atoms with Crippen LogP contribution in [0.2, 0.25) is 0 Å². The summed E-state index contributed by atoms with van der Waals surface area (Å²) < 4.78 is 0. The molecule has 1 radical (unpaired) electrons. The van der Waals surface area contributed by atoms with Crippen LogP contribution in [0.15, 0.2) is 0 Å². The number of piperidine rings is 1. The van der Waals surface area contributed by atoms with E-state index in [1.54, 1.807) is 0 Å². The molecule has 0 atom stereocenters. The Balaban J connectivity index is -0.000000392. The van der Waals surface area contributed by atoms with Gasteiger partial charge in [-0.3, -0.25) is 4.90 Å². The quantitative estimate of drug-likeness (QED) is 0.724. The molecule has 4 heteroatoms. The van der Waals surface area contributed by atoms with Crippen LogP contribution in [0.4, 0.5) is 0 Å². The van der Waals surface area contributed by atoms with Crippen molar-refractivity contribution in [2.75, 3.05) is 46.3 Å². The molecule has 0 spiro atoms. The van der Waals surface area contributed by atoms with Gasteiger partial charge in [0.15, 0.2) is 0 Å². The van der Waals surface area contributed by atoms with Gasteiger partial charge in [0.2, 0.25) is 0 Å². The Hall–Kier alpha value is 0.984. The molecule has 0 unspecified atom stereocenters. The molecule has 0 aromatic carbocycles. The summed E-state index contributed by atoms with van der Waals surface area (Å²) in [6.45, 7) is 15.2. The number of rotatable bonds is 1. The summed E-state index contributed by atoms with van der Waals surface area (Å²) in [6.07, 6.45) is 2.59. The van der Waals surface area contributed by atoms with Crippen LogP contribution < -0.4 is 0 Å². The van der Waals surface area contributed by atoms with E-state index in [2.05, 4.69) is 22.2 Å². The van der Waals surface area contributed by atoms with Crippen LogP contribution >= 0.6 is 0 Å². The van der Waals surface area contributed by atoms with E-state index in [0.29, 0.717) is 0 Å². The van der Waals surface area contributed by atoms with E-state index in [1.165, 1.54) is 39.0 Å². The minimum Gasteiger partial charge on any atom is -0.662 e. The fraction of sp³-hybridized carbons (Fsp3) is 1.00. The van der Waals surface area contributed by atoms with Crippen molar-refractivity contribution in [1.29, 1.82) is 0 Å². The number of likely N-dealkylation sites (N-methyl/N-ethyl adjacent to an activating group) is 1. The number of hydrogen-bond acceptors (Lipinski definition) is 2. The van der Waals surface area contributed by atoms with Crippen molar-refractivity contribution in [3.05, 3.63) is 5.32 Å². The monoisotopic (exact) mass is 347 g/mol. The fourth-order valence-corrected chi connectivity index (χ4v) is 2.29. The summed E-state index contributed by atoms with van der Waals surface area (Å²) >= 11 is 0. The summed E-state index contributed by atoms with van der Waals surface area (Å²) in [4.78, 5) is 5.08. The van der Waals surface area contributed by atoms with Crippen molar-refractivity contribution in [3.63, 3.8) is 0 Å². The van der Waals surface area contributed by atoms with Gasteiger partial charge >= 0.3 is 0 Å². The zero-order chi connectivity index (χ0) is 13.1. The van der Waals surface area contributed by atoms with Gasteiger partial charge in [-0.25, -0.2) is 0 Å². The number of nitrogens with zero attached hydrogens (tertiary/aromatic N) is 3. The van der Waals surface area contributed by atoms with Crippen LogP contribution in [0.3, 0.4) is 0 Å². The van der Waals surface area contributed by atoms with Gasteiger partial charge in [-0.1, -0.05) is 48.0 Å². The summed E-state index contributed by atoms with van der Waals surface area (Å²) in [5.74, 6) is 0. The maximum absolute atomic E-state index is 4.40. The summed E-state index contributed by atoms with van der Waals surface area (Å²) in [6, 6.07) is 0.839. The Labute approximate surface area is 147 Å². The zero-order valence-corrected chi connectivity index (χ0v) is 16.0. The van der Waals surface area contributed by atoms with Crippen molar-refractivity contribution in [3.8, 4) is 0 Å². The first-order valence-electron chi connectivity index (χ1n) is 7.42. The summed E-state index contributed by atoms with van der Waals surface area (Å²) in [5.41, 5.74) is 0. The molecule has 0 amide bonds. The first kappa shape index (κ1) is 25.0. The minimum atomic E-state index is 0. The zero-order valence-electron chi connectivity index (χ0n) is 13.2. The predicted molar refractivity (Wildman–Crippen MR) is 84.6 cm³/mol. The second-order valence-corrected chi connectivity index (χ2v) is 4.24. The second-order valence-electron chi connectivity index (χ2n) is 4.24. The summed E-state index contributed by atoms with van der Waals surface area (Å²) in [5, 5.41) is 4.40. The normalized spacial score (nSPS) is 20.7. The number of hydrogen-bond donors (Lipinski definition) is 0. The number of piperazine rings is 1. The van der Waals surface area contributed by atoms with Crippen LogP contribution in [0, 0.1) is 0 Å². The molecule has 19 heavy (non-hydrogen) atoms. The van der Waals surface area contributed by atoms with E-state index in [-0.39, 0.29) is 40.1 Å². The molecule has 2 aliphatic heterocycles. The average Bonchev–Trinajstić information content (AvgIpc) is 2.45. The average molecular weight is 347 g/mol. The molecular weight excluding hydrogens is 311 g/mol. The fourth-order valence-electron chi connectivity index (χ4n) is 2.29. The maximum atomic E-state index is 4.40. The maximum Gasteiger partial charge on any atom is 0.0113 e. The van der Waals surface area contributed by atoms with Crippen LogP contribution in [-0.4, -0.2) is 62.2 Å². The predicted octanol–water partition coefficient (Wildman–Crippen LogP) is 3.46. The van der Waals surface area contributed by atoms with Gasteiger partial charge in [0.25, 0.3) is 0 Å². The molecule has 0 bridgehead atoms. The van der Waals surface area contributed by atoms with Crippen LogP contribution in [-0.2, 0) is 32.7 Å². The molecule has 2 saturated heterocycles. The third kappa shape index (κ3) is 10.4. The topological polar surface area (TPSA) is 20.6 Å². The standard InChI is InChI=1S/C10H20N3.2C2H6.CH4.Y/c1-12-6-8-13(9-7-12)10-2-4-11-5-3-10;2*1-2;;/h10H,2-9H2,1H3;2*1-2H3;1H4;/q-1;;;;. The van der Waals surface area contributed by atoms with E-state index in [4.69, 9.17) is 0 Å². The Morgan fingerprint density at radius 2 is 1.26 bits per heavy atom. The van der Waals surface area contributed by atoms with E-state index in [1.807, 2.05) is 27.7 Å².